The van der Waals surface area contributed by atoms with Gasteiger partial charge in [-0.05, 0) is 54.8 Å². The van der Waals surface area contributed by atoms with E-state index in [4.69, 9.17) is 5.14 Å². The van der Waals surface area contributed by atoms with E-state index in [2.05, 4.69) is 0 Å². The van der Waals surface area contributed by atoms with Gasteiger partial charge in [0.1, 0.15) is 6.04 Å². The molecular weight excluding hydrogens is 466 g/mol. The van der Waals surface area contributed by atoms with Gasteiger partial charge in [0.25, 0.3) is 11.8 Å². The van der Waals surface area contributed by atoms with Crippen molar-refractivity contribution in [3.05, 3.63) is 95.6 Å². The summed E-state index contributed by atoms with van der Waals surface area (Å²) in [6.45, 7) is 2.07. The summed E-state index contributed by atoms with van der Waals surface area (Å²) in [6.07, 6.45) is 0.349. The van der Waals surface area contributed by atoms with E-state index >= 15 is 0 Å². The van der Waals surface area contributed by atoms with Gasteiger partial charge in [0, 0.05) is 12.1 Å². The van der Waals surface area contributed by atoms with Gasteiger partial charge in [-0.1, -0.05) is 48.5 Å². The van der Waals surface area contributed by atoms with Gasteiger partial charge in [-0.2, -0.15) is 0 Å². The maximum absolute atomic E-state index is 13.6. The van der Waals surface area contributed by atoms with Gasteiger partial charge >= 0.3 is 0 Å². The highest BCUT2D eigenvalue weighted by Crippen LogP contribution is 2.28. The summed E-state index contributed by atoms with van der Waals surface area (Å²) in [6, 6.07) is 20.9. The van der Waals surface area contributed by atoms with Crippen molar-refractivity contribution in [2.75, 3.05) is 11.4 Å². The molecule has 1 fully saturated rings. The number of anilines is 1. The van der Waals surface area contributed by atoms with Gasteiger partial charge in [-0.15, -0.1) is 0 Å². The van der Waals surface area contributed by atoms with Crippen molar-refractivity contribution in [1.29, 1.82) is 0 Å². The minimum atomic E-state index is -3.92. The quantitative estimate of drug-likeness (QED) is 0.510. The SMILES string of the molecule is Cc1ccccc1C(=O)N(CCc1ccccc1)C1CC(=O)N(c2ccc(S(N)(=O)=O)cc2)C1=O. The van der Waals surface area contributed by atoms with Crippen molar-refractivity contribution in [1.82, 2.24) is 4.90 Å². The third-order valence-electron chi connectivity index (χ3n) is 6.04. The second kappa shape index (κ2) is 9.81. The fraction of sp³-hybridized carbons (Fsp3) is 0.192. The molecule has 3 aromatic rings. The molecule has 0 bridgehead atoms. The van der Waals surface area contributed by atoms with Crippen LogP contribution in [0.3, 0.4) is 0 Å². The number of hydrogen-bond donors (Lipinski definition) is 1. The van der Waals surface area contributed by atoms with Crippen LogP contribution in [-0.2, 0) is 26.0 Å². The Morgan fingerprint density at radius 1 is 0.971 bits per heavy atom. The number of aryl methyl sites for hydroxylation is 1. The molecule has 0 radical (unpaired) electrons. The molecule has 35 heavy (non-hydrogen) atoms. The van der Waals surface area contributed by atoms with E-state index in [-0.39, 0.29) is 29.5 Å². The molecule has 3 amide bonds. The molecule has 0 aliphatic carbocycles. The summed E-state index contributed by atoms with van der Waals surface area (Å²) in [5, 5.41) is 5.14. The van der Waals surface area contributed by atoms with Crippen molar-refractivity contribution in [3.8, 4) is 0 Å². The zero-order chi connectivity index (χ0) is 25.2. The molecule has 4 rings (SSSR count). The highest BCUT2D eigenvalue weighted by Gasteiger charge is 2.44. The number of nitrogens with two attached hydrogens (primary N) is 1. The Kier molecular flexibility index (Phi) is 6.81. The van der Waals surface area contributed by atoms with Crippen molar-refractivity contribution in [3.63, 3.8) is 0 Å². The number of sulfonamides is 1. The Morgan fingerprint density at radius 2 is 1.60 bits per heavy atom. The van der Waals surface area contributed by atoms with E-state index in [9.17, 15) is 22.8 Å². The zero-order valence-electron chi connectivity index (χ0n) is 19.1. The fourth-order valence-corrected chi connectivity index (χ4v) is 4.69. The van der Waals surface area contributed by atoms with E-state index < -0.39 is 27.9 Å². The number of benzene rings is 3. The summed E-state index contributed by atoms with van der Waals surface area (Å²) >= 11 is 0. The summed E-state index contributed by atoms with van der Waals surface area (Å²) < 4.78 is 23.1. The van der Waals surface area contributed by atoms with Crippen LogP contribution in [0.25, 0.3) is 0 Å². The second-order valence-corrected chi connectivity index (χ2v) is 9.94. The van der Waals surface area contributed by atoms with Crippen molar-refractivity contribution in [2.45, 2.75) is 30.7 Å². The standard InChI is InChI=1S/C26H25N3O5S/c1-18-7-5-6-10-22(18)25(31)28(16-15-19-8-3-2-4-9-19)23-17-24(30)29(26(23)32)20-11-13-21(14-12-20)35(27,33)34/h2-14,23H,15-17H2,1H3,(H2,27,33,34). The van der Waals surface area contributed by atoms with E-state index in [0.29, 0.717) is 12.0 Å². The van der Waals surface area contributed by atoms with E-state index in [1.54, 1.807) is 12.1 Å². The van der Waals surface area contributed by atoms with Crippen molar-refractivity contribution >= 4 is 33.4 Å². The number of carbonyl (C=O) groups is 3. The Labute approximate surface area is 204 Å². The molecular formula is C26H25N3O5S. The lowest BCUT2D eigenvalue weighted by Gasteiger charge is -2.28. The first-order valence-electron chi connectivity index (χ1n) is 11.1. The average molecular weight is 492 g/mol. The van der Waals surface area contributed by atoms with Gasteiger partial charge in [0.15, 0.2) is 0 Å². The second-order valence-electron chi connectivity index (χ2n) is 8.38. The first-order valence-corrected chi connectivity index (χ1v) is 12.6. The molecule has 180 valence electrons. The minimum Gasteiger partial charge on any atom is -0.326 e. The first-order chi connectivity index (χ1) is 16.7. The highest BCUT2D eigenvalue weighted by atomic mass is 32.2. The molecule has 1 aliphatic rings. The predicted molar refractivity (Wildman–Crippen MR) is 131 cm³/mol. The van der Waals surface area contributed by atoms with Crippen molar-refractivity contribution < 1.29 is 22.8 Å². The van der Waals surface area contributed by atoms with Gasteiger partial charge < -0.3 is 4.90 Å². The van der Waals surface area contributed by atoms with Crippen LogP contribution in [0.4, 0.5) is 5.69 Å². The third-order valence-corrected chi connectivity index (χ3v) is 6.97. The monoisotopic (exact) mass is 491 g/mol. The topological polar surface area (TPSA) is 118 Å². The van der Waals surface area contributed by atoms with Gasteiger partial charge in [-0.25, -0.2) is 18.5 Å². The van der Waals surface area contributed by atoms with Crippen molar-refractivity contribution in [2.24, 2.45) is 5.14 Å². The molecule has 3 aromatic carbocycles. The molecule has 1 atom stereocenters. The maximum atomic E-state index is 13.6. The van der Waals surface area contributed by atoms with Crippen LogP contribution in [0.5, 0.6) is 0 Å². The number of amides is 3. The Balaban J connectivity index is 1.65. The van der Waals surface area contributed by atoms with Crippen LogP contribution >= 0.6 is 0 Å². The first kappa shape index (κ1) is 24.3. The summed E-state index contributed by atoms with van der Waals surface area (Å²) in [5.41, 5.74) is 2.47. The van der Waals surface area contributed by atoms with E-state index in [0.717, 1.165) is 16.0 Å². The van der Waals surface area contributed by atoms with Crippen LogP contribution in [0.15, 0.2) is 83.8 Å². The molecule has 1 aliphatic heterocycles. The molecule has 0 aromatic heterocycles. The lowest BCUT2D eigenvalue weighted by Crippen LogP contribution is -2.46. The van der Waals surface area contributed by atoms with E-state index in [1.807, 2.05) is 49.4 Å². The number of carbonyl (C=O) groups excluding carboxylic acids is 3. The average Bonchev–Trinajstić information content (AvgIpc) is 3.13. The lowest BCUT2D eigenvalue weighted by atomic mass is 10.0. The molecule has 1 heterocycles. The summed E-state index contributed by atoms with van der Waals surface area (Å²) in [5.74, 6) is -1.32. The number of hydrogen-bond acceptors (Lipinski definition) is 5. The number of nitrogens with zero attached hydrogens (tertiary/aromatic N) is 2. The van der Waals surface area contributed by atoms with Gasteiger partial charge in [-0.3, -0.25) is 14.4 Å². The zero-order valence-corrected chi connectivity index (χ0v) is 19.9. The highest BCUT2D eigenvalue weighted by molar-refractivity contribution is 7.89. The van der Waals surface area contributed by atoms with Crippen LogP contribution in [-0.4, -0.2) is 43.6 Å². The molecule has 0 saturated carbocycles. The van der Waals surface area contributed by atoms with Crippen LogP contribution in [0.1, 0.15) is 27.9 Å². The number of imide groups is 1. The smallest absolute Gasteiger partial charge is 0.257 e. The van der Waals surface area contributed by atoms with E-state index in [1.165, 1.54) is 29.2 Å². The Hall–Kier alpha value is -3.82. The van der Waals surface area contributed by atoms with Crippen LogP contribution < -0.4 is 10.0 Å². The summed E-state index contributed by atoms with van der Waals surface area (Å²) in [7, 11) is -3.92. The summed E-state index contributed by atoms with van der Waals surface area (Å²) in [4.78, 5) is 42.3. The normalized spacial score (nSPS) is 15.9. The Morgan fingerprint density at radius 3 is 2.23 bits per heavy atom. The molecule has 1 saturated heterocycles. The third kappa shape index (κ3) is 5.16. The largest absolute Gasteiger partial charge is 0.326 e. The molecule has 2 N–H and O–H groups in total. The minimum absolute atomic E-state index is 0.129. The molecule has 8 nitrogen and oxygen atoms in total. The number of rotatable bonds is 7. The van der Waals surface area contributed by atoms with Gasteiger partial charge in [0.05, 0.1) is 17.0 Å². The number of primary sulfonamides is 1. The molecule has 9 heteroatoms. The Bertz CT molecular complexity index is 1370. The fourth-order valence-electron chi connectivity index (χ4n) is 4.18. The predicted octanol–water partition coefficient (Wildman–Crippen LogP) is 2.66. The van der Waals surface area contributed by atoms with Gasteiger partial charge in [0.2, 0.25) is 15.9 Å². The maximum Gasteiger partial charge on any atom is 0.257 e. The van der Waals surface area contributed by atoms with Crippen LogP contribution in [0.2, 0.25) is 0 Å². The lowest BCUT2D eigenvalue weighted by molar-refractivity contribution is -0.122. The molecule has 1 unspecified atom stereocenters. The molecule has 0 spiro atoms. The van der Waals surface area contributed by atoms with Crippen LogP contribution in [0, 0.1) is 6.92 Å².